The summed E-state index contributed by atoms with van der Waals surface area (Å²) in [7, 11) is 4.86. The molecular formula is C11H17NO3. The van der Waals surface area contributed by atoms with Crippen LogP contribution in [0.3, 0.4) is 0 Å². The summed E-state index contributed by atoms with van der Waals surface area (Å²) in [4.78, 5) is 0. The minimum atomic E-state index is -0.171. The number of hydrogen-bond donors (Lipinski definition) is 1. The van der Waals surface area contributed by atoms with Gasteiger partial charge in [0.25, 0.3) is 0 Å². The van der Waals surface area contributed by atoms with Crippen LogP contribution in [0.5, 0.6) is 11.5 Å². The highest BCUT2D eigenvalue weighted by atomic mass is 16.5. The second-order valence-corrected chi connectivity index (χ2v) is 3.07. The molecular weight excluding hydrogens is 194 g/mol. The highest BCUT2D eigenvalue weighted by molar-refractivity contribution is 5.41. The van der Waals surface area contributed by atoms with E-state index in [1.165, 1.54) is 0 Å². The maximum atomic E-state index is 5.61. The van der Waals surface area contributed by atoms with Crippen LogP contribution in [0.2, 0.25) is 0 Å². The van der Waals surface area contributed by atoms with E-state index in [2.05, 4.69) is 0 Å². The number of benzene rings is 1. The summed E-state index contributed by atoms with van der Waals surface area (Å²) in [6.07, 6.45) is -0.171. The van der Waals surface area contributed by atoms with Gasteiger partial charge in [-0.1, -0.05) is 0 Å². The molecule has 0 heterocycles. The lowest BCUT2D eigenvalue weighted by Gasteiger charge is -2.17. The number of hydrogen-bond acceptors (Lipinski definition) is 4. The first kappa shape index (κ1) is 11.8. The molecule has 0 aliphatic heterocycles. The molecule has 4 nitrogen and oxygen atoms in total. The van der Waals surface area contributed by atoms with Crippen molar-refractivity contribution in [2.45, 2.75) is 6.10 Å². The number of rotatable bonds is 5. The van der Waals surface area contributed by atoms with Crippen LogP contribution in [0.1, 0.15) is 11.7 Å². The van der Waals surface area contributed by atoms with E-state index in [9.17, 15) is 0 Å². The molecule has 1 rings (SSSR count). The third kappa shape index (κ3) is 2.61. The van der Waals surface area contributed by atoms with Crippen molar-refractivity contribution in [3.05, 3.63) is 23.8 Å². The number of ether oxygens (including phenoxy) is 3. The highest BCUT2D eigenvalue weighted by Gasteiger charge is 2.14. The third-order valence-electron chi connectivity index (χ3n) is 2.28. The van der Waals surface area contributed by atoms with Gasteiger partial charge in [-0.3, -0.25) is 0 Å². The largest absolute Gasteiger partial charge is 0.497 e. The van der Waals surface area contributed by atoms with Crippen LogP contribution < -0.4 is 15.2 Å². The molecule has 0 bridgehead atoms. The standard InChI is InChI=1S/C11H17NO3/c1-13-8-4-5-10(14-2)9(6-8)11(7-12)15-3/h4-6,11H,7,12H2,1-3H3. The van der Waals surface area contributed by atoms with Crippen LogP contribution >= 0.6 is 0 Å². The topological polar surface area (TPSA) is 53.7 Å². The van der Waals surface area contributed by atoms with E-state index in [1.54, 1.807) is 21.3 Å². The molecule has 0 aromatic heterocycles. The van der Waals surface area contributed by atoms with Gasteiger partial charge in [-0.25, -0.2) is 0 Å². The lowest BCUT2D eigenvalue weighted by atomic mass is 10.1. The summed E-state index contributed by atoms with van der Waals surface area (Å²) < 4.78 is 15.6. The van der Waals surface area contributed by atoms with Crippen LogP contribution in [0, 0.1) is 0 Å². The Balaban J connectivity index is 3.09. The van der Waals surface area contributed by atoms with Crippen molar-refractivity contribution < 1.29 is 14.2 Å². The Labute approximate surface area is 89.9 Å². The fourth-order valence-corrected chi connectivity index (χ4v) is 1.44. The zero-order chi connectivity index (χ0) is 11.3. The molecule has 0 aliphatic carbocycles. The van der Waals surface area contributed by atoms with Gasteiger partial charge in [0.2, 0.25) is 0 Å². The molecule has 1 atom stereocenters. The predicted molar refractivity (Wildman–Crippen MR) is 58.4 cm³/mol. The fraction of sp³-hybridized carbons (Fsp3) is 0.455. The second kappa shape index (κ2) is 5.58. The van der Waals surface area contributed by atoms with E-state index >= 15 is 0 Å². The minimum absolute atomic E-state index is 0.171. The smallest absolute Gasteiger partial charge is 0.124 e. The molecule has 4 heteroatoms. The van der Waals surface area contributed by atoms with E-state index in [0.717, 1.165) is 17.1 Å². The molecule has 15 heavy (non-hydrogen) atoms. The molecule has 84 valence electrons. The lowest BCUT2D eigenvalue weighted by Crippen LogP contribution is -2.15. The van der Waals surface area contributed by atoms with Crippen LogP contribution in [0.4, 0.5) is 0 Å². The van der Waals surface area contributed by atoms with Gasteiger partial charge < -0.3 is 19.9 Å². The molecule has 0 fully saturated rings. The highest BCUT2D eigenvalue weighted by Crippen LogP contribution is 2.30. The van der Waals surface area contributed by atoms with Gasteiger partial charge >= 0.3 is 0 Å². The summed E-state index contributed by atoms with van der Waals surface area (Å²) in [5.41, 5.74) is 6.51. The Hall–Kier alpha value is -1.26. The van der Waals surface area contributed by atoms with E-state index in [1.807, 2.05) is 18.2 Å². The first-order valence-corrected chi connectivity index (χ1v) is 4.71. The molecule has 1 aromatic rings. The summed E-state index contributed by atoms with van der Waals surface area (Å²) in [5.74, 6) is 1.52. The van der Waals surface area contributed by atoms with Crippen molar-refractivity contribution in [3.8, 4) is 11.5 Å². The predicted octanol–water partition coefficient (Wildman–Crippen LogP) is 1.35. The molecule has 0 saturated heterocycles. The van der Waals surface area contributed by atoms with E-state index in [0.29, 0.717) is 6.54 Å². The molecule has 0 spiro atoms. The normalized spacial score (nSPS) is 12.3. The van der Waals surface area contributed by atoms with Gasteiger partial charge in [0.15, 0.2) is 0 Å². The van der Waals surface area contributed by atoms with Crippen LogP contribution in [0.25, 0.3) is 0 Å². The maximum absolute atomic E-state index is 5.61. The van der Waals surface area contributed by atoms with Crippen molar-refractivity contribution in [3.63, 3.8) is 0 Å². The van der Waals surface area contributed by atoms with Crippen LogP contribution in [-0.2, 0) is 4.74 Å². The second-order valence-electron chi connectivity index (χ2n) is 3.07. The Morgan fingerprint density at radius 2 is 1.93 bits per heavy atom. The van der Waals surface area contributed by atoms with Crippen molar-refractivity contribution in [2.24, 2.45) is 5.73 Å². The summed E-state index contributed by atoms with van der Waals surface area (Å²) in [5, 5.41) is 0. The Morgan fingerprint density at radius 1 is 1.20 bits per heavy atom. The molecule has 0 radical (unpaired) electrons. The first-order chi connectivity index (χ1) is 7.26. The van der Waals surface area contributed by atoms with Gasteiger partial charge in [0.05, 0.1) is 20.3 Å². The molecule has 0 saturated carbocycles. The molecule has 1 aromatic carbocycles. The zero-order valence-corrected chi connectivity index (χ0v) is 9.32. The Kier molecular flexibility index (Phi) is 4.39. The SMILES string of the molecule is COc1ccc(OC)c(C(CN)OC)c1. The zero-order valence-electron chi connectivity index (χ0n) is 9.32. The van der Waals surface area contributed by atoms with Crippen molar-refractivity contribution in [1.82, 2.24) is 0 Å². The average Bonchev–Trinajstić information content (AvgIpc) is 2.30. The summed E-state index contributed by atoms with van der Waals surface area (Å²) >= 11 is 0. The van der Waals surface area contributed by atoms with Crippen molar-refractivity contribution in [2.75, 3.05) is 27.9 Å². The van der Waals surface area contributed by atoms with E-state index in [-0.39, 0.29) is 6.10 Å². The Bertz CT molecular complexity index is 311. The van der Waals surface area contributed by atoms with Gasteiger partial charge in [-0.2, -0.15) is 0 Å². The van der Waals surface area contributed by atoms with Crippen LogP contribution in [-0.4, -0.2) is 27.9 Å². The number of nitrogens with two attached hydrogens (primary N) is 1. The third-order valence-corrected chi connectivity index (χ3v) is 2.28. The summed E-state index contributed by atoms with van der Waals surface area (Å²) in [6, 6.07) is 5.56. The van der Waals surface area contributed by atoms with Crippen LogP contribution in [0.15, 0.2) is 18.2 Å². The van der Waals surface area contributed by atoms with Crippen molar-refractivity contribution >= 4 is 0 Å². The van der Waals surface area contributed by atoms with Gasteiger partial charge in [-0.05, 0) is 18.2 Å². The molecule has 2 N–H and O–H groups in total. The Morgan fingerprint density at radius 3 is 2.40 bits per heavy atom. The summed E-state index contributed by atoms with van der Waals surface area (Å²) in [6.45, 7) is 0.403. The lowest BCUT2D eigenvalue weighted by molar-refractivity contribution is 0.108. The fourth-order valence-electron chi connectivity index (χ4n) is 1.44. The molecule has 1 unspecified atom stereocenters. The monoisotopic (exact) mass is 211 g/mol. The van der Waals surface area contributed by atoms with Gasteiger partial charge in [0.1, 0.15) is 11.5 Å². The van der Waals surface area contributed by atoms with Crippen molar-refractivity contribution in [1.29, 1.82) is 0 Å². The quantitative estimate of drug-likeness (QED) is 0.798. The van der Waals surface area contributed by atoms with E-state index in [4.69, 9.17) is 19.9 Å². The first-order valence-electron chi connectivity index (χ1n) is 4.71. The van der Waals surface area contributed by atoms with Gasteiger partial charge in [-0.15, -0.1) is 0 Å². The minimum Gasteiger partial charge on any atom is -0.497 e. The number of methoxy groups -OCH3 is 3. The molecule has 0 aliphatic rings. The maximum Gasteiger partial charge on any atom is 0.124 e. The average molecular weight is 211 g/mol. The van der Waals surface area contributed by atoms with Gasteiger partial charge in [0, 0.05) is 19.2 Å². The van der Waals surface area contributed by atoms with E-state index < -0.39 is 0 Å². The molecule has 0 amide bonds.